The maximum absolute atomic E-state index is 10.9. The molecule has 0 amide bonds. The second-order valence-corrected chi connectivity index (χ2v) is 4.64. The Hall–Kier alpha value is -1.51. The molecule has 2 rings (SSSR count). The zero-order chi connectivity index (χ0) is 12.4. The van der Waals surface area contributed by atoms with Gasteiger partial charge in [-0.05, 0) is 41.5 Å². The summed E-state index contributed by atoms with van der Waals surface area (Å²) >= 11 is 0. The first-order valence-electron chi connectivity index (χ1n) is 6.04. The van der Waals surface area contributed by atoms with E-state index in [1.54, 1.807) is 7.11 Å². The van der Waals surface area contributed by atoms with Gasteiger partial charge < -0.3 is 9.84 Å². The van der Waals surface area contributed by atoms with Crippen molar-refractivity contribution in [3.05, 3.63) is 29.3 Å². The molecular weight excluding hydrogens is 216 g/mol. The Morgan fingerprint density at radius 3 is 2.88 bits per heavy atom. The monoisotopic (exact) mass is 234 g/mol. The number of carbonyl (C=O) groups is 1. The molecule has 3 nitrogen and oxygen atoms in total. The van der Waals surface area contributed by atoms with Crippen LogP contribution in [0.15, 0.2) is 18.2 Å². The highest BCUT2D eigenvalue weighted by Gasteiger charge is 2.32. The van der Waals surface area contributed by atoms with E-state index in [9.17, 15) is 4.79 Å². The minimum atomic E-state index is -0.718. The van der Waals surface area contributed by atoms with Gasteiger partial charge in [-0.25, -0.2) is 0 Å². The third-order valence-corrected chi connectivity index (χ3v) is 3.72. The van der Waals surface area contributed by atoms with E-state index in [0.29, 0.717) is 5.92 Å². The van der Waals surface area contributed by atoms with Crippen LogP contribution in [0, 0.1) is 5.92 Å². The highest BCUT2D eigenvalue weighted by atomic mass is 16.5. The molecule has 2 unspecified atom stereocenters. The van der Waals surface area contributed by atoms with Gasteiger partial charge in [-0.3, -0.25) is 4.79 Å². The number of methoxy groups -OCH3 is 1. The van der Waals surface area contributed by atoms with Gasteiger partial charge >= 0.3 is 5.97 Å². The third-order valence-electron chi connectivity index (χ3n) is 3.72. The molecule has 0 spiro atoms. The molecule has 0 aromatic heterocycles. The van der Waals surface area contributed by atoms with Gasteiger partial charge in [0, 0.05) is 0 Å². The first kappa shape index (κ1) is 12.0. The van der Waals surface area contributed by atoms with Crippen molar-refractivity contribution in [1.29, 1.82) is 0 Å². The maximum Gasteiger partial charge on any atom is 0.303 e. The molecule has 1 N–H and O–H groups in total. The average Bonchev–Trinajstić information content (AvgIpc) is 2.66. The second-order valence-electron chi connectivity index (χ2n) is 4.64. The second kappa shape index (κ2) is 4.78. The fourth-order valence-corrected chi connectivity index (χ4v) is 2.80. The minimum absolute atomic E-state index is 0.141. The lowest BCUT2D eigenvalue weighted by Gasteiger charge is -2.17. The number of aliphatic carboxylic acids is 1. The van der Waals surface area contributed by atoms with Crippen molar-refractivity contribution in [1.82, 2.24) is 0 Å². The fourth-order valence-electron chi connectivity index (χ4n) is 2.80. The van der Waals surface area contributed by atoms with E-state index >= 15 is 0 Å². The SMILES string of the molecule is CCC1Cc2ccc(OC)cc2C1CC(=O)O. The zero-order valence-corrected chi connectivity index (χ0v) is 10.3. The summed E-state index contributed by atoms with van der Waals surface area (Å²) in [4.78, 5) is 10.9. The van der Waals surface area contributed by atoms with E-state index in [4.69, 9.17) is 9.84 Å². The molecule has 1 aromatic rings. The summed E-state index contributed by atoms with van der Waals surface area (Å²) in [6.07, 6.45) is 2.24. The lowest BCUT2D eigenvalue weighted by atomic mass is 9.88. The number of benzene rings is 1. The standard InChI is InChI=1S/C14H18O3/c1-3-9-6-10-4-5-11(17-2)7-12(10)13(9)8-14(15)16/h4-5,7,9,13H,3,6,8H2,1-2H3,(H,15,16). The van der Waals surface area contributed by atoms with Crippen LogP contribution in [0.3, 0.4) is 0 Å². The number of carboxylic acid groups (broad SMARTS) is 1. The van der Waals surface area contributed by atoms with Crippen LogP contribution in [0.4, 0.5) is 0 Å². The summed E-state index contributed by atoms with van der Waals surface area (Å²) in [5, 5.41) is 9.01. The third kappa shape index (κ3) is 2.28. The molecule has 92 valence electrons. The van der Waals surface area contributed by atoms with E-state index in [1.807, 2.05) is 12.1 Å². The maximum atomic E-state index is 10.9. The van der Waals surface area contributed by atoms with E-state index < -0.39 is 5.97 Å². The summed E-state index contributed by atoms with van der Waals surface area (Å²) in [7, 11) is 1.64. The summed E-state index contributed by atoms with van der Waals surface area (Å²) < 4.78 is 5.21. The Balaban J connectivity index is 2.34. The molecule has 0 bridgehead atoms. The number of hydrogen-bond donors (Lipinski definition) is 1. The van der Waals surface area contributed by atoms with Crippen molar-refractivity contribution < 1.29 is 14.6 Å². The molecule has 1 aliphatic rings. The number of hydrogen-bond acceptors (Lipinski definition) is 2. The number of carboxylic acids is 1. The van der Waals surface area contributed by atoms with Gasteiger partial charge in [-0.15, -0.1) is 0 Å². The summed E-state index contributed by atoms with van der Waals surface area (Å²) in [5.41, 5.74) is 2.45. The van der Waals surface area contributed by atoms with Crippen LogP contribution in [0.25, 0.3) is 0 Å². The van der Waals surface area contributed by atoms with Gasteiger partial charge in [-0.2, -0.15) is 0 Å². The minimum Gasteiger partial charge on any atom is -0.497 e. The Bertz CT molecular complexity index is 425. The van der Waals surface area contributed by atoms with Crippen LogP contribution in [-0.4, -0.2) is 18.2 Å². The molecular formula is C14H18O3. The lowest BCUT2D eigenvalue weighted by molar-refractivity contribution is -0.137. The molecule has 1 aromatic carbocycles. The van der Waals surface area contributed by atoms with Crippen LogP contribution in [0.5, 0.6) is 5.75 Å². The van der Waals surface area contributed by atoms with Gasteiger partial charge in [0.1, 0.15) is 5.75 Å². The largest absolute Gasteiger partial charge is 0.497 e. The number of fused-ring (bicyclic) bond motifs is 1. The van der Waals surface area contributed by atoms with Gasteiger partial charge in [0.25, 0.3) is 0 Å². The molecule has 0 aliphatic heterocycles. The molecule has 2 atom stereocenters. The van der Waals surface area contributed by atoms with Gasteiger partial charge in [0.15, 0.2) is 0 Å². The van der Waals surface area contributed by atoms with Gasteiger partial charge in [0.05, 0.1) is 13.5 Å². The lowest BCUT2D eigenvalue weighted by Crippen LogP contribution is -2.11. The van der Waals surface area contributed by atoms with Crippen molar-refractivity contribution in [2.24, 2.45) is 5.92 Å². The van der Waals surface area contributed by atoms with Crippen molar-refractivity contribution in [3.8, 4) is 5.75 Å². The van der Waals surface area contributed by atoms with Crippen LogP contribution in [-0.2, 0) is 11.2 Å². The van der Waals surface area contributed by atoms with Crippen molar-refractivity contribution in [2.75, 3.05) is 7.11 Å². The Kier molecular flexibility index (Phi) is 3.36. The normalized spacial score (nSPS) is 22.2. The van der Waals surface area contributed by atoms with E-state index in [-0.39, 0.29) is 12.3 Å². The Labute approximate surface area is 101 Å². The van der Waals surface area contributed by atoms with Gasteiger partial charge in [0.2, 0.25) is 0 Å². The Morgan fingerprint density at radius 2 is 2.29 bits per heavy atom. The molecule has 0 saturated carbocycles. The van der Waals surface area contributed by atoms with E-state index in [1.165, 1.54) is 11.1 Å². The molecule has 0 saturated heterocycles. The van der Waals surface area contributed by atoms with Crippen molar-refractivity contribution in [2.45, 2.75) is 32.1 Å². The van der Waals surface area contributed by atoms with Crippen molar-refractivity contribution in [3.63, 3.8) is 0 Å². The van der Waals surface area contributed by atoms with E-state index in [2.05, 4.69) is 13.0 Å². The van der Waals surface area contributed by atoms with Crippen molar-refractivity contribution >= 4 is 5.97 Å². The van der Waals surface area contributed by atoms with Gasteiger partial charge in [-0.1, -0.05) is 19.4 Å². The first-order valence-corrected chi connectivity index (χ1v) is 6.04. The summed E-state index contributed by atoms with van der Waals surface area (Å²) in [6.45, 7) is 2.13. The predicted octanol–water partition coefficient (Wildman–Crippen LogP) is 2.84. The summed E-state index contributed by atoms with van der Waals surface area (Å²) in [6, 6.07) is 6.02. The van der Waals surface area contributed by atoms with E-state index in [0.717, 1.165) is 18.6 Å². The number of ether oxygens (including phenoxy) is 1. The first-order chi connectivity index (χ1) is 8.15. The summed E-state index contributed by atoms with van der Waals surface area (Å²) in [5.74, 6) is 0.691. The fraction of sp³-hybridized carbons (Fsp3) is 0.500. The van der Waals surface area contributed by atoms with Crippen LogP contribution < -0.4 is 4.74 Å². The Morgan fingerprint density at radius 1 is 1.53 bits per heavy atom. The highest BCUT2D eigenvalue weighted by Crippen LogP contribution is 2.43. The zero-order valence-electron chi connectivity index (χ0n) is 10.3. The molecule has 3 heteroatoms. The highest BCUT2D eigenvalue weighted by molar-refractivity contribution is 5.68. The quantitative estimate of drug-likeness (QED) is 0.871. The smallest absolute Gasteiger partial charge is 0.303 e. The molecule has 0 radical (unpaired) electrons. The molecule has 17 heavy (non-hydrogen) atoms. The molecule has 1 aliphatic carbocycles. The van der Waals surface area contributed by atoms with Crippen LogP contribution in [0.1, 0.15) is 36.8 Å². The topological polar surface area (TPSA) is 46.5 Å². The average molecular weight is 234 g/mol. The molecule has 0 heterocycles. The van der Waals surface area contributed by atoms with Crippen LogP contribution >= 0.6 is 0 Å². The predicted molar refractivity (Wildman–Crippen MR) is 65.5 cm³/mol. The van der Waals surface area contributed by atoms with Crippen LogP contribution in [0.2, 0.25) is 0 Å². The molecule has 0 fully saturated rings. The number of rotatable bonds is 4.